The van der Waals surface area contributed by atoms with Gasteiger partial charge in [0.25, 0.3) is 5.91 Å². The van der Waals surface area contributed by atoms with Crippen molar-refractivity contribution in [3.8, 4) is 17.1 Å². The lowest BCUT2D eigenvalue weighted by molar-refractivity contribution is -0.134. The second-order valence-electron chi connectivity index (χ2n) is 7.83. The summed E-state index contributed by atoms with van der Waals surface area (Å²) in [6.07, 6.45) is 8.71. The number of hydrogen-bond donors (Lipinski definition) is 0. The Labute approximate surface area is 177 Å². The maximum absolute atomic E-state index is 12.5. The van der Waals surface area contributed by atoms with Crippen LogP contribution in [0.1, 0.15) is 25.0 Å². The van der Waals surface area contributed by atoms with E-state index >= 15 is 0 Å². The van der Waals surface area contributed by atoms with Crippen LogP contribution >= 0.6 is 0 Å². The van der Waals surface area contributed by atoms with Crippen LogP contribution in [0.15, 0.2) is 61.1 Å². The zero-order valence-electron chi connectivity index (χ0n) is 17.4. The lowest BCUT2D eigenvalue weighted by Crippen LogP contribution is -2.41. The van der Waals surface area contributed by atoms with Crippen molar-refractivity contribution in [2.45, 2.75) is 32.7 Å². The fourth-order valence-corrected chi connectivity index (χ4v) is 4.01. The maximum Gasteiger partial charge on any atom is 0.260 e. The van der Waals surface area contributed by atoms with E-state index in [0.717, 1.165) is 56.0 Å². The lowest BCUT2D eigenvalue weighted by Gasteiger charge is -2.32. The first-order chi connectivity index (χ1) is 14.7. The molecule has 6 heteroatoms. The molecule has 0 radical (unpaired) electrons. The van der Waals surface area contributed by atoms with Gasteiger partial charge in [-0.05, 0) is 56.4 Å². The monoisotopic (exact) mass is 404 g/mol. The summed E-state index contributed by atoms with van der Waals surface area (Å²) in [6, 6.07) is 13.5. The third-order valence-corrected chi connectivity index (χ3v) is 5.83. The predicted molar refractivity (Wildman–Crippen MR) is 116 cm³/mol. The van der Waals surface area contributed by atoms with E-state index in [4.69, 9.17) is 4.74 Å². The molecule has 1 aromatic carbocycles. The lowest BCUT2D eigenvalue weighted by atomic mass is 9.93. The molecule has 1 fully saturated rings. The number of amides is 1. The number of carbonyl (C=O) groups excluding carboxylic acids is 1. The van der Waals surface area contributed by atoms with Gasteiger partial charge < -0.3 is 14.2 Å². The van der Waals surface area contributed by atoms with Crippen molar-refractivity contribution in [1.82, 2.24) is 19.4 Å². The van der Waals surface area contributed by atoms with Gasteiger partial charge in [0, 0.05) is 49.5 Å². The van der Waals surface area contributed by atoms with Crippen LogP contribution in [0.4, 0.5) is 0 Å². The number of imidazole rings is 1. The average molecular weight is 405 g/mol. The van der Waals surface area contributed by atoms with Crippen LogP contribution < -0.4 is 4.74 Å². The minimum atomic E-state index is 0.0720. The average Bonchev–Trinajstić information content (AvgIpc) is 3.18. The smallest absolute Gasteiger partial charge is 0.260 e. The maximum atomic E-state index is 12.5. The highest BCUT2D eigenvalue weighted by Crippen LogP contribution is 2.24. The summed E-state index contributed by atoms with van der Waals surface area (Å²) in [4.78, 5) is 23.1. The van der Waals surface area contributed by atoms with Crippen molar-refractivity contribution in [3.05, 3.63) is 66.7 Å². The SMILES string of the molecule is Cc1cnc(-c2ccncc2)n1CCC1CCN(C(=O)COc2ccccc2)CC1. The Morgan fingerprint density at radius 3 is 2.57 bits per heavy atom. The van der Waals surface area contributed by atoms with Gasteiger partial charge in [-0.3, -0.25) is 9.78 Å². The highest BCUT2D eigenvalue weighted by Gasteiger charge is 2.23. The molecule has 3 aromatic rings. The number of benzene rings is 1. The molecule has 1 amide bonds. The van der Waals surface area contributed by atoms with Gasteiger partial charge in [0.2, 0.25) is 0 Å². The molecule has 6 nitrogen and oxygen atoms in total. The van der Waals surface area contributed by atoms with Gasteiger partial charge in [-0.2, -0.15) is 0 Å². The summed E-state index contributed by atoms with van der Waals surface area (Å²) in [7, 11) is 0. The van der Waals surface area contributed by atoms with E-state index in [1.54, 1.807) is 12.4 Å². The van der Waals surface area contributed by atoms with Crippen LogP contribution in [-0.4, -0.2) is 45.0 Å². The largest absolute Gasteiger partial charge is 0.484 e. The van der Waals surface area contributed by atoms with Crippen molar-refractivity contribution >= 4 is 5.91 Å². The Morgan fingerprint density at radius 2 is 1.83 bits per heavy atom. The number of piperidine rings is 1. The minimum absolute atomic E-state index is 0.0720. The highest BCUT2D eigenvalue weighted by molar-refractivity contribution is 5.77. The second kappa shape index (κ2) is 9.57. The fourth-order valence-electron chi connectivity index (χ4n) is 4.01. The molecule has 3 heterocycles. The Bertz CT molecular complexity index is 948. The van der Waals surface area contributed by atoms with Crippen molar-refractivity contribution in [2.24, 2.45) is 5.92 Å². The van der Waals surface area contributed by atoms with Crippen molar-refractivity contribution in [3.63, 3.8) is 0 Å². The highest BCUT2D eigenvalue weighted by atomic mass is 16.5. The molecular formula is C24H28N4O2. The summed E-state index contributed by atoms with van der Waals surface area (Å²) in [5, 5.41) is 0. The van der Waals surface area contributed by atoms with Gasteiger partial charge in [0.15, 0.2) is 6.61 Å². The first-order valence-corrected chi connectivity index (χ1v) is 10.6. The number of pyridine rings is 1. The van der Waals surface area contributed by atoms with E-state index in [2.05, 4.69) is 21.5 Å². The second-order valence-corrected chi connectivity index (χ2v) is 7.83. The number of aryl methyl sites for hydroxylation is 1. The number of para-hydroxylation sites is 1. The summed E-state index contributed by atoms with van der Waals surface area (Å²) in [5.41, 5.74) is 2.27. The van der Waals surface area contributed by atoms with Gasteiger partial charge >= 0.3 is 0 Å². The Hall–Kier alpha value is -3.15. The molecule has 1 saturated heterocycles. The topological polar surface area (TPSA) is 60.2 Å². The number of hydrogen-bond acceptors (Lipinski definition) is 4. The van der Waals surface area contributed by atoms with Crippen molar-refractivity contribution in [2.75, 3.05) is 19.7 Å². The number of carbonyl (C=O) groups is 1. The van der Waals surface area contributed by atoms with Crippen LogP contribution in [0.25, 0.3) is 11.4 Å². The Morgan fingerprint density at radius 1 is 1.10 bits per heavy atom. The molecule has 30 heavy (non-hydrogen) atoms. The molecular weight excluding hydrogens is 376 g/mol. The summed E-state index contributed by atoms with van der Waals surface area (Å²) in [5.74, 6) is 2.43. The zero-order valence-corrected chi connectivity index (χ0v) is 17.4. The van der Waals surface area contributed by atoms with E-state index in [9.17, 15) is 4.79 Å². The molecule has 0 aliphatic carbocycles. The normalized spacial score (nSPS) is 14.6. The molecule has 0 bridgehead atoms. The molecule has 0 saturated carbocycles. The molecule has 0 spiro atoms. The van der Waals surface area contributed by atoms with Gasteiger partial charge in [-0.25, -0.2) is 4.98 Å². The predicted octanol–water partition coefficient (Wildman–Crippen LogP) is 3.96. The van der Waals surface area contributed by atoms with E-state index in [1.165, 1.54) is 5.69 Å². The Kier molecular flexibility index (Phi) is 6.42. The minimum Gasteiger partial charge on any atom is -0.484 e. The first-order valence-electron chi connectivity index (χ1n) is 10.6. The Balaban J connectivity index is 1.26. The molecule has 2 aromatic heterocycles. The van der Waals surface area contributed by atoms with Gasteiger partial charge in [0.05, 0.1) is 0 Å². The van der Waals surface area contributed by atoms with E-state index in [0.29, 0.717) is 5.92 Å². The summed E-state index contributed by atoms with van der Waals surface area (Å²) >= 11 is 0. The molecule has 1 aliphatic rings. The number of nitrogens with zero attached hydrogens (tertiary/aromatic N) is 4. The molecule has 0 atom stereocenters. The van der Waals surface area contributed by atoms with Gasteiger partial charge in [-0.15, -0.1) is 0 Å². The molecule has 1 aliphatic heterocycles. The van der Waals surface area contributed by atoms with Gasteiger partial charge in [0.1, 0.15) is 11.6 Å². The number of aromatic nitrogens is 3. The van der Waals surface area contributed by atoms with Crippen LogP contribution in [0.2, 0.25) is 0 Å². The molecule has 0 N–H and O–H groups in total. The molecule has 156 valence electrons. The third kappa shape index (κ3) is 4.87. The summed E-state index contributed by atoms with van der Waals surface area (Å²) in [6.45, 7) is 4.77. The number of rotatable bonds is 7. The molecule has 0 unspecified atom stereocenters. The van der Waals surface area contributed by atoms with Crippen LogP contribution in [0.3, 0.4) is 0 Å². The number of likely N-dealkylation sites (tertiary alicyclic amines) is 1. The zero-order chi connectivity index (χ0) is 20.8. The number of ether oxygens (including phenoxy) is 1. The van der Waals surface area contributed by atoms with Crippen LogP contribution in [0, 0.1) is 12.8 Å². The first kappa shape index (κ1) is 20.1. The van der Waals surface area contributed by atoms with Gasteiger partial charge in [-0.1, -0.05) is 18.2 Å². The summed E-state index contributed by atoms with van der Waals surface area (Å²) < 4.78 is 7.90. The van der Waals surface area contributed by atoms with E-state index in [1.807, 2.05) is 53.6 Å². The van der Waals surface area contributed by atoms with Crippen LogP contribution in [-0.2, 0) is 11.3 Å². The molecule has 4 rings (SSSR count). The van der Waals surface area contributed by atoms with Crippen molar-refractivity contribution in [1.29, 1.82) is 0 Å². The van der Waals surface area contributed by atoms with E-state index in [-0.39, 0.29) is 12.5 Å². The third-order valence-electron chi connectivity index (χ3n) is 5.83. The van der Waals surface area contributed by atoms with Crippen molar-refractivity contribution < 1.29 is 9.53 Å². The quantitative estimate of drug-likeness (QED) is 0.598. The standard InChI is InChI=1S/C24H28N4O2/c1-19-17-26-24(21-7-12-25-13-8-21)28(19)16-11-20-9-14-27(15-10-20)23(29)18-30-22-5-3-2-4-6-22/h2-8,12-13,17,20H,9-11,14-16,18H2,1H3. The van der Waals surface area contributed by atoms with Crippen LogP contribution in [0.5, 0.6) is 5.75 Å². The van der Waals surface area contributed by atoms with E-state index < -0.39 is 0 Å². The fraction of sp³-hybridized carbons (Fsp3) is 0.375.